The molecule has 3 heteroatoms. The standard InChI is InChI=1S/C11H13ClO2/c1-11(2,7-10(13)14)8-3-5-9(12)6-4-8/h3-6H,7H2,1-2H3,(H,13,14). The minimum absolute atomic E-state index is 0.120. The number of benzene rings is 1. The van der Waals surface area contributed by atoms with Crippen molar-refractivity contribution in [1.29, 1.82) is 0 Å². The third kappa shape index (κ3) is 2.74. The Morgan fingerprint density at radius 3 is 2.29 bits per heavy atom. The summed E-state index contributed by atoms with van der Waals surface area (Å²) in [6.45, 7) is 3.81. The van der Waals surface area contributed by atoms with Crippen molar-refractivity contribution in [2.24, 2.45) is 0 Å². The van der Waals surface area contributed by atoms with Crippen LogP contribution in [-0.2, 0) is 10.2 Å². The fraction of sp³-hybridized carbons (Fsp3) is 0.364. The van der Waals surface area contributed by atoms with Crippen LogP contribution in [0.4, 0.5) is 0 Å². The number of carboxylic acids is 1. The first-order valence-electron chi connectivity index (χ1n) is 4.40. The molecular formula is C11H13ClO2. The lowest BCUT2D eigenvalue weighted by molar-refractivity contribution is -0.138. The van der Waals surface area contributed by atoms with Gasteiger partial charge < -0.3 is 5.11 Å². The van der Waals surface area contributed by atoms with Crippen LogP contribution in [0, 0.1) is 0 Å². The van der Waals surface area contributed by atoms with Gasteiger partial charge in [-0.1, -0.05) is 37.6 Å². The molecule has 0 saturated carbocycles. The zero-order valence-corrected chi connectivity index (χ0v) is 9.01. The van der Waals surface area contributed by atoms with Crippen molar-refractivity contribution in [3.8, 4) is 0 Å². The second-order valence-corrected chi connectivity index (χ2v) is 4.40. The number of rotatable bonds is 3. The first-order chi connectivity index (χ1) is 6.42. The number of carbonyl (C=O) groups is 1. The molecule has 0 atom stereocenters. The van der Waals surface area contributed by atoms with Gasteiger partial charge in [-0.3, -0.25) is 4.79 Å². The molecule has 0 aromatic heterocycles. The van der Waals surface area contributed by atoms with E-state index < -0.39 is 5.97 Å². The average Bonchev–Trinajstić information content (AvgIpc) is 2.02. The van der Waals surface area contributed by atoms with E-state index in [0.29, 0.717) is 5.02 Å². The number of hydrogen-bond donors (Lipinski definition) is 1. The quantitative estimate of drug-likeness (QED) is 0.836. The molecule has 0 saturated heterocycles. The van der Waals surface area contributed by atoms with Crippen LogP contribution in [-0.4, -0.2) is 11.1 Å². The van der Waals surface area contributed by atoms with Crippen molar-refractivity contribution in [3.63, 3.8) is 0 Å². The predicted molar refractivity (Wildman–Crippen MR) is 56.7 cm³/mol. The Morgan fingerprint density at radius 1 is 1.36 bits per heavy atom. The smallest absolute Gasteiger partial charge is 0.304 e. The molecule has 0 amide bonds. The molecule has 1 aromatic carbocycles. The minimum Gasteiger partial charge on any atom is -0.481 e. The van der Waals surface area contributed by atoms with Gasteiger partial charge in [0, 0.05) is 10.4 Å². The molecule has 76 valence electrons. The second-order valence-electron chi connectivity index (χ2n) is 3.96. The van der Waals surface area contributed by atoms with E-state index >= 15 is 0 Å². The molecule has 0 aliphatic carbocycles. The topological polar surface area (TPSA) is 37.3 Å². The van der Waals surface area contributed by atoms with Gasteiger partial charge in [0.2, 0.25) is 0 Å². The molecule has 14 heavy (non-hydrogen) atoms. The number of aliphatic carboxylic acids is 1. The van der Waals surface area contributed by atoms with E-state index in [4.69, 9.17) is 16.7 Å². The Kier molecular flexibility index (Phi) is 3.17. The van der Waals surface area contributed by atoms with Gasteiger partial charge in [-0.25, -0.2) is 0 Å². The summed E-state index contributed by atoms with van der Waals surface area (Å²) in [5, 5.41) is 9.41. The molecule has 0 unspecified atom stereocenters. The summed E-state index contributed by atoms with van der Waals surface area (Å²) in [7, 11) is 0. The third-order valence-corrected chi connectivity index (χ3v) is 2.47. The van der Waals surface area contributed by atoms with Crippen LogP contribution in [0.25, 0.3) is 0 Å². The highest BCUT2D eigenvalue weighted by molar-refractivity contribution is 6.30. The zero-order chi connectivity index (χ0) is 10.8. The van der Waals surface area contributed by atoms with Crippen molar-refractivity contribution in [3.05, 3.63) is 34.9 Å². The van der Waals surface area contributed by atoms with Crippen LogP contribution < -0.4 is 0 Å². The van der Waals surface area contributed by atoms with Gasteiger partial charge in [0.15, 0.2) is 0 Å². The van der Waals surface area contributed by atoms with E-state index in [1.54, 1.807) is 12.1 Å². The van der Waals surface area contributed by atoms with Crippen molar-refractivity contribution < 1.29 is 9.90 Å². The van der Waals surface area contributed by atoms with Gasteiger partial charge in [-0.2, -0.15) is 0 Å². The normalized spacial score (nSPS) is 11.4. The lowest BCUT2D eigenvalue weighted by Gasteiger charge is -2.22. The highest BCUT2D eigenvalue weighted by Gasteiger charge is 2.23. The zero-order valence-electron chi connectivity index (χ0n) is 8.25. The average molecular weight is 213 g/mol. The molecular weight excluding hydrogens is 200 g/mol. The second kappa shape index (κ2) is 4.01. The summed E-state index contributed by atoms with van der Waals surface area (Å²) in [5.41, 5.74) is 0.639. The van der Waals surface area contributed by atoms with Crippen LogP contribution in [0.3, 0.4) is 0 Å². The van der Waals surface area contributed by atoms with Crippen LogP contribution in [0.1, 0.15) is 25.8 Å². The molecule has 2 nitrogen and oxygen atoms in total. The fourth-order valence-electron chi connectivity index (χ4n) is 1.38. The largest absolute Gasteiger partial charge is 0.481 e. The van der Waals surface area contributed by atoms with Gasteiger partial charge in [-0.15, -0.1) is 0 Å². The number of carboxylic acid groups (broad SMARTS) is 1. The van der Waals surface area contributed by atoms with Crippen molar-refractivity contribution in [2.45, 2.75) is 25.7 Å². The summed E-state index contributed by atoms with van der Waals surface area (Å²) in [4.78, 5) is 10.6. The van der Waals surface area contributed by atoms with E-state index in [1.165, 1.54) is 0 Å². The Morgan fingerprint density at radius 2 is 1.86 bits per heavy atom. The van der Waals surface area contributed by atoms with E-state index in [9.17, 15) is 4.79 Å². The van der Waals surface area contributed by atoms with Crippen LogP contribution in [0.15, 0.2) is 24.3 Å². The van der Waals surface area contributed by atoms with Crippen molar-refractivity contribution in [2.75, 3.05) is 0 Å². The van der Waals surface area contributed by atoms with Crippen LogP contribution >= 0.6 is 11.6 Å². The van der Waals surface area contributed by atoms with Gasteiger partial charge in [-0.05, 0) is 17.7 Å². The molecule has 0 aliphatic heterocycles. The highest BCUT2D eigenvalue weighted by Crippen LogP contribution is 2.27. The van der Waals surface area contributed by atoms with Crippen molar-refractivity contribution in [1.82, 2.24) is 0 Å². The summed E-state index contributed by atoms with van der Waals surface area (Å²) >= 11 is 5.75. The van der Waals surface area contributed by atoms with E-state index in [-0.39, 0.29) is 11.8 Å². The maximum Gasteiger partial charge on any atom is 0.304 e. The molecule has 1 N–H and O–H groups in total. The number of halogens is 1. The number of hydrogen-bond acceptors (Lipinski definition) is 1. The SMILES string of the molecule is CC(C)(CC(=O)O)c1ccc(Cl)cc1. The molecule has 0 radical (unpaired) electrons. The summed E-state index contributed by atoms with van der Waals surface area (Å²) in [6.07, 6.45) is 0.120. The maximum absolute atomic E-state index is 10.6. The summed E-state index contributed by atoms with van der Waals surface area (Å²) in [6, 6.07) is 7.29. The monoisotopic (exact) mass is 212 g/mol. The lowest BCUT2D eigenvalue weighted by Crippen LogP contribution is -2.21. The molecule has 1 rings (SSSR count). The minimum atomic E-state index is -0.787. The third-order valence-electron chi connectivity index (χ3n) is 2.22. The van der Waals surface area contributed by atoms with Gasteiger partial charge in [0.1, 0.15) is 0 Å². The highest BCUT2D eigenvalue weighted by atomic mass is 35.5. The molecule has 0 spiro atoms. The van der Waals surface area contributed by atoms with E-state index in [2.05, 4.69) is 0 Å². The predicted octanol–water partition coefficient (Wildman–Crippen LogP) is 3.09. The van der Waals surface area contributed by atoms with Crippen LogP contribution in [0.2, 0.25) is 5.02 Å². The molecule has 0 fully saturated rings. The van der Waals surface area contributed by atoms with Gasteiger partial charge in [0.25, 0.3) is 0 Å². The fourth-order valence-corrected chi connectivity index (χ4v) is 1.51. The lowest BCUT2D eigenvalue weighted by atomic mass is 9.82. The van der Waals surface area contributed by atoms with Crippen molar-refractivity contribution >= 4 is 17.6 Å². The Labute approximate surface area is 88.5 Å². The van der Waals surface area contributed by atoms with Gasteiger partial charge >= 0.3 is 5.97 Å². The summed E-state index contributed by atoms with van der Waals surface area (Å²) in [5.74, 6) is -0.787. The Bertz CT molecular complexity index is 328. The Balaban J connectivity index is 2.91. The first-order valence-corrected chi connectivity index (χ1v) is 4.77. The Hall–Kier alpha value is -1.02. The van der Waals surface area contributed by atoms with E-state index in [1.807, 2.05) is 26.0 Å². The summed E-state index contributed by atoms with van der Waals surface area (Å²) < 4.78 is 0. The molecule has 0 aliphatic rings. The van der Waals surface area contributed by atoms with Gasteiger partial charge in [0.05, 0.1) is 6.42 Å². The molecule has 0 bridgehead atoms. The van der Waals surface area contributed by atoms with Crippen LogP contribution in [0.5, 0.6) is 0 Å². The molecule has 0 heterocycles. The van der Waals surface area contributed by atoms with E-state index in [0.717, 1.165) is 5.56 Å². The molecule has 1 aromatic rings. The maximum atomic E-state index is 10.6. The first kappa shape index (κ1) is 11.1.